The molecule has 98 valence electrons. The lowest BCUT2D eigenvalue weighted by Crippen LogP contribution is -2.19. The van der Waals surface area contributed by atoms with Crippen LogP contribution in [0.4, 0.5) is 0 Å². The zero-order valence-corrected chi connectivity index (χ0v) is 12.1. The maximum Gasteiger partial charge on any atom is 0.245 e. The maximum atomic E-state index is 11.6. The molecule has 0 aliphatic rings. The van der Waals surface area contributed by atoms with E-state index in [4.69, 9.17) is 0 Å². The summed E-state index contributed by atoms with van der Waals surface area (Å²) in [5, 5.41) is 5.91. The minimum absolute atomic E-state index is 0.0977. The molecule has 0 fully saturated rings. The average Bonchev–Trinajstić information content (AvgIpc) is 2.92. The molecule has 2 rings (SSSR count). The van der Waals surface area contributed by atoms with E-state index < -0.39 is 0 Å². The number of rotatable bonds is 5. The molecular weight excluding hydrogens is 276 g/mol. The highest BCUT2D eigenvalue weighted by Gasteiger charge is 2.01. The van der Waals surface area contributed by atoms with Gasteiger partial charge in [-0.1, -0.05) is 18.2 Å². The topological polar surface area (TPSA) is 41.5 Å². The Hall–Kier alpha value is -1.59. The predicted octanol–water partition coefficient (Wildman–Crippen LogP) is 3.16. The molecule has 0 atom stereocenters. The number of thiophene rings is 1. The van der Waals surface area contributed by atoms with Crippen molar-refractivity contribution >= 4 is 35.2 Å². The van der Waals surface area contributed by atoms with Crippen molar-refractivity contribution in [3.63, 3.8) is 0 Å². The van der Waals surface area contributed by atoms with E-state index >= 15 is 0 Å². The summed E-state index contributed by atoms with van der Waals surface area (Å²) in [5.74, 6) is -0.0977. The second-order valence-electron chi connectivity index (χ2n) is 3.82. The van der Waals surface area contributed by atoms with Crippen LogP contribution in [0.2, 0.25) is 0 Å². The van der Waals surface area contributed by atoms with Crippen LogP contribution in [0, 0.1) is 0 Å². The van der Waals surface area contributed by atoms with Crippen LogP contribution in [0.5, 0.6) is 0 Å². The molecule has 5 heteroatoms. The number of carbonyl (C=O) groups excluding carboxylic acids is 1. The van der Waals surface area contributed by atoms with E-state index in [1.54, 1.807) is 29.3 Å². The van der Waals surface area contributed by atoms with Gasteiger partial charge in [-0.05, 0) is 35.4 Å². The Morgan fingerprint density at radius 2 is 2.16 bits per heavy atom. The largest absolute Gasteiger partial charge is 0.273 e. The lowest BCUT2D eigenvalue weighted by molar-refractivity contribution is -0.120. The molecule has 0 aliphatic heterocycles. The van der Waals surface area contributed by atoms with E-state index in [2.05, 4.69) is 10.5 Å². The van der Waals surface area contributed by atoms with Crippen molar-refractivity contribution in [2.45, 2.75) is 11.3 Å². The molecule has 1 N–H and O–H groups in total. The van der Waals surface area contributed by atoms with Crippen LogP contribution in [0.1, 0.15) is 10.4 Å². The summed E-state index contributed by atoms with van der Waals surface area (Å²) in [6, 6.07) is 11.9. The molecule has 1 aromatic carbocycles. The minimum Gasteiger partial charge on any atom is -0.273 e. The SMILES string of the molecule is CSc1ccc(/C=N/NC(=O)Cc2cccs2)cc1. The molecule has 0 radical (unpaired) electrons. The van der Waals surface area contributed by atoms with Gasteiger partial charge < -0.3 is 0 Å². The molecule has 0 unspecified atom stereocenters. The average molecular weight is 290 g/mol. The fraction of sp³-hybridized carbons (Fsp3) is 0.143. The van der Waals surface area contributed by atoms with Gasteiger partial charge in [0, 0.05) is 9.77 Å². The van der Waals surface area contributed by atoms with Crippen LogP contribution in [0.3, 0.4) is 0 Å². The second-order valence-corrected chi connectivity index (χ2v) is 5.73. The Morgan fingerprint density at radius 1 is 1.37 bits per heavy atom. The second kappa shape index (κ2) is 7.11. The number of hydrogen-bond acceptors (Lipinski definition) is 4. The first-order chi connectivity index (χ1) is 9.28. The Kier molecular flexibility index (Phi) is 5.18. The van der Waals surface area contributed by atoms with Crippen LogP contribution in [0.25, 0.3) is 0 Å². The predicted molar refractivity (Wildman–Crippen MR) is 82.0 cm³/mol. The summed E-state index contributed by atoms with van der Waals surface area (Å²) in [4.78, 5) is 13.8. The fourth-order valence-corrected chi connectivity index (χ4v) is 2.59. The van der Waals surface area contributed by atoms with Crippen molar-refractivity contribution in [3.8, 4) is 0 Å². The first kappa shape index (κ1) is 13.8. The van der Waals surface area contributed by atoms with Crippen molar-refractivity contribution in [1.82, 2.24) is 5.43 Å². The van der Waals surface area contributed by atoms with E-state index in [1.807, 2.05) is 48.0 Å². The van der Waals surface area contributed by atoms with E-state index in [1.165, 1.54) is 4.90 Å². The smallest absolute Gasteiger partial charge is 0.245 e. The number of nitrogens with one attached hydrogen (secondary N) is 1. The molecule has 3 nitrogen and oxygen atoms in total. The first-order valence-electron chi connectivity index (χ1n) is 5.76. The quantitative estimate of drug-likeness (QED) is 0.522. The van der Waals surface area contributed by atoms with Crippen LogP contribution >= 0.6 is 23.1 Å². The standard InChI is InChI=1S/C14H14N2OS2/c1-18-12-6-4-11(5-7-12)10-15-16-14(17)9-13-3-2-8-19-13/h2-8,10H,9H2,1H3,(H,16,17)/b15-10+. The van der Waals surface area contributed by atoms with E-state index in [9.17, 15) is 4.79 Å². The van der Waals surface area contributed by atoms with Gasteiger partial charge in [0.25, 0.3) is 0 Å². The molecular formula is C14H14N2OS2. The highest BCUT2D eigenvalue weighted by Crippen LogP contribution is 2.13. The molecule has 0 bridgehead atoms. The third-order valence-corrected chi connectivity index (χ3v) is 4.05. The first-order valence-corrected chi connectivity index (χ1v) is 7.87. The Balaban J connectivity index is 1.83. The lowest BCUT2D eigenvalue weighted by Gasteiger charge is -1.98. The Labute approximate surface area is 120 Å². The number of benzene rings is 1. The van der Waals surface area contributed by atoms with Crippen molar-refractivity contribution in [1.29, 1.82) is 0 Å². The van der Waals surface area contributed by atoms with Gasteiger partial charge in [0.2, 0.25) is 5.91 Å². The Morgan fingerprint density at radius 3 is 2.79 bits per heavy atom. The Bertz CT molecular complexity index is 547. The summed E-state index contributed by atoms with van der Waals surface area (Å²) in [5.41, 5.74) is 3.50. The van der Waals surface area contributed by atoms with Crippen molar-refractivity contribution in [2.75, 3.05) is 6.26 Å². The van der Waals surface area contributed by atoms with Crippen molar-refractivity contribution in [3.05, 3.63) is 52.2 Å². The summed E-state index contributed by atoms with van der Waals surface area (Å²) < 4.78 is 0. The third-order valence-electron chi connectivity index (χ3n) is 2.43. The number of nitrogens with zero attached hydrogens (tertiary/aromatic N) is 1. The minimum atomic E-state index is -0.0977. The number of amides is 1. The van der Waals surface area contributed by atoms with E-state index in [0.717, 1.165) is 10.4 Å². The molecule has 0 aliphatic carbocycles. The highest BCUT2D eigenvalue weighted by molar-refractivity contribution is 7.98. The molecule has 19 heavy (non-hydrogen) atoms. The molecule has 0 saturated heterocycles. The summed E-state index contributed by atoms with van der Waals surface area (Å²) in [7, 11) is 0. The van der Waals surface area contributed by atoms with Gasteiger partial charge in [-0.15, -0.1) is 23.1 Å². The van der Waals surface area contributed by atoms with Crippen molar-refractivity contribution < 1.29 is 4.79 Å². The van der Waals surface area contributed by atoms with Gasteiger partial charge in [0.1, 0.15) is 0 Å². The number of hydrazone groups is 1. The zero-order chi connectivity index (χ0) is 13.5. The van der Waals surface area contributed by atoms with Gasteiger partial charge >= 0.3 is 0 Å². The number of hydrogen-bond donors (Lipinski definition) is 1. The fourth-order valence-electron chi connectivity index (χ4n) is 1.48. The highest BCUT2D eigenvalue weighted by atomic mass is 32.2. The third kappa shape index (κ3) is 4.54. The van der Waals surface area contributed by atoms with Gasteiger partial charge in [0.05, 0.1) is 12.6 Å². The van der Waals surface area contributed by atoms with E-state index in [0.29, 0.717) is 6.42 Å². The van der Waals surface area contributed by atoms with Gasteiger partial charge in [-0.3, -0.25) is 4.79 Å². The van der Waals surface area contributed by atoms with Crippen LogP contribution < -0.4 is 5.43 Å². The molecule has 0 spiro atoms. The van der Waals surface area contributed by atoms with Crippen molar-refractivity contribution in [2.24, 2.45) is 5.10 Å². The maximum absolute atomic E-state index is 11.6. The number of thioether (sulfide) groups is 1. The number of carbonyl (C=O) groups is 1. The van der Waals surface area contributed by atoms with Gasteiger partial charge in [0.15, 0.2) is 0 Å². The lowest BCUT2D eigenvalue weighted by atomic mass is 10.2. The summed E-state index contributed by atoms with van der Waals surface area (Å²) >= 11 is 3.27. The monoisotopic (exact) mass is 290 g/mol. The van der Waals surface area contributed by atoms with Crippen LogP contribution in [-0.2, 0) is 11.2 Å². The molecule has 0 saturated carbocycles. The zero-order valence-electron chi connectivity index (χ0n) is 10.5. The van der Waals surface area contributed by atoms with Crippen LogP contribution in [0.15, 0.2) is 51.8 Å². The normalized spacial score (nSPS) is 10.8. The molecule has 1 amide bonds. The van der Waals surface area contributed by atoms with Gasteiger partial charge in [-0.25, -0.2) is 5.43 Å². The van der Waals surface area contributed by atoms with Gasteiger partial charge in [-0.2, -0.15) is 5.10 Å². The van der Waals surface area contributed by atoms with E-state index in [-0.39, 0.29) is 5.91 Å². The molecule has 1 aromatic heterocycles. The summed E-state index contributed by atoms with van der Waals surface area (Å²) in [6.45, 7) is 0. The van der Waals surface area contributed by atoms with Crippen LogP contribution in [-0.4, -0.2) is 18.4 Å². The molecule has 2 aromatic rings. The summed E-state index contributed by atoms with van der Waals surface area (Å²) in [6.07, 6.45) is 4.06. The molecule has 1 heterocycles.